The van der Waals surface area contributed by atoms with Crippen LogP contribution in [0, 0.1) is 5.92 Å². The normalized spacial score (nSPS) is 14.9. The van der Waals surface area contributed by atoms with Gasteiger partial charge in [-0.25, -0.2) is 0 Å². The number of hydrogen-bond acceptors (Lipinski definition) is 3. The van der Waals surface area contributed by atoms with Crippen LogP contribution in [0.25, 0.3) is 0 Å². The Kier molecular flexibility index (Phi) is 6.52. The van der Waals surface area contributed by atoms with Crippen LogP contribution < -0.4 is 5.32 Å². The largest absolute Gasteiger partial charge is 0.381 e. The Labute approximate surface area is 130 Å². The molecule has 1 aromatic rings. The van der Waals surface area contributed by atoms with Crippen molar-refractivity contribution in [3.8, 4) is 0 Å². The third-order valence-corrected chi connectivity index (χ3v) is 4.59. The highest BCUT2D eigenvalue weighted by molar-refractivity contribution is 9.10. The Bertz CT molecular complexity index is 415. The molecule has 1 saturated carbocycles. The molecule has 1 aromatic heterocycles. The number of nitrogens with one attached hydrogen (secondary N) is 1. The summed E-state index contributed by atoms with van der Waals surface area (Å²) in [6, 6.07) is 0. The van der Waals surface area contributed by atoms with Crippen molar-refractivity contribution in [3.63, 3.8) is 0 Å². The smallest absolute Gasteiger partial charge is 0.0767 e. The summed E-state index contributed by atoms with van der Waals surface area (Å²) in [5.41, 5.74) is 2.40. The molecule has 0 atom stereocenters. The third kappa shape index (κ3) is 4.57. The number of hydrogen-bond donors (Lipinski definition) is 1. The van der Waals surface area contributed by atoms with Crippen LogP contribution in [0.15, 0.2) is 4.47 Å². The average molecular weight is 344 g/mol. The Morgan fingerprint density at radius 3 is 2.85 bits per heavy atom. The first-order chi connectivity index (χ1) is 9.76. The standard InChI is InChI=1S/C15H26BrN3O/c1-3-13-15(16)14(19(4-2)18-13)10-17-8-5-9-20-11-12-6-7-12/h12,17H,3-11H2,1-2H3. The molecule has 0 bridgehead atoms. The van der Waals surface area contributed by atoms with Crippen LogP contribution in [-0.4, -0.2) is 29.5 Å². The second-order valence-electron chi connectivity index (χ2n) is 5.43. The lowest BCUT2D eigenvalue weighted by atomic mass is 10.3. The van der Waals surface area contributed by atoms with Crippen molar-refractivity contribution in [3.05, 3.63) is 15.9 Å². The fourth-order valence-electron chi connectivity index (χ4n) is 2.23. The quantitative estimate of drug-likeness (QED) is 0.663. The topological polar surface area (TPSA) is 39.1 Å². The number of ether oxygens (including phenoxy) is 1. The molecule has 0 amide bonds. The van der Waals surface area contributed by atoms with Gasteiger partial charge in [0.2, 0.25) is 0 Å². The molecular weight excluding hydrogens is 318 g/mol. The van der Waals surface area contributed by atoms with E-state index in [0.717, 1.165) is 57.3 Å². The highest BCUT2D eigenvalue weighted by Crippen LogP contribution is 2.28. The molecule has 0 saturated heterocycles. The fourth-order valence-corrected chi connectivity index (χ4v) is 2.93. The summed E-state index contributed by atoms with van der Waals surface area (Å²) < 4.78 is 8.88. The van der Waals surface area contributed by atoms with Crippen LogP contribution in [0.1, 0.15) is 44.5 Å². The number of aromatic nitrogens is 2. The van der Waals surface area contributed by atoms with Crippen molar-refractivity contribution in [2.45, 2.75) is 52.6 Å². The number of nitrogens with zero attached hydrogens (tertiary/aromatic N) is 2. The molecule has 0 unspecified atom stereocenters. The van der Waals surface area contributed by atoms with E-state index in [-0.39, 0.29) is 0 Å². The summed E-state index contributed by atoms with van der Waals surface area (Å²) in [4.78, 5) is 0. The first-order valence-corrected chi connectivity index (χ1v) is 8.58. The second kappa shape index (κ2) is 8.15. The Morgan fingerprint density at radius 1 is 1.40 bits per heavy atom. The van der Waals surface area contributed by atoms with E-state index in [1.165, 1.54) is 23.0 Å². The lowest BCUT2D eigenvalue weighted by Crippen LogP contribution is -2.19. The molecule has 1 aliphatic rings. The first kappa shape index (κ1) is 16.0. The number of aryl methyl sites for hydroxylation is 2. The molecule has 4 nitrogen and oxygen atoms in total. The zero-order valence-corrected chi connectivity index (χ0v) is 14.2. The van der Waals surface area contributed by atoms with Crippen molar-refractivity contribution in [2.24, 2.45) is 5.92 Å². The summed E-state index contributed by atoms with van der Waals surface area (Å²) in [5, 5.41) is 8.09. The predicted molar refractivity (Wildman–Crippen MR) is 84.8 cm³/mol. The van der Waals surface area contributed by atoms with Gasteiger partial charge in [-0.3, -0.25) is 4.68 Å². The molecule has 5 heteroatoms. The van der Waals surface area contributed by atoms with Crippen molar-refractivity contribution < 1.29 is 4.74 Å². The van der Waals surface area contributed by atoms with Crippen LogP contribution in [0.3, 0.4) is 0 Å². The van der Waals surface area contributed by atoms with E-state index in [1.807, 2.05) is 0 Å². The lowest BCUT2D eigenvalue weighted by Gasteiger charge is -2.08. The molecule has 2 rings (SSSR count). The van der Waals surface area contributed by atoms with E-state index in [2.05, 4.69) is 44.9 Å². The van der Waals surface area contributed by atoms with Gasteiger partial charge >= 0.3 is 0 Å². The predicted octanol–water partition coefficient (Wildman–Crippen LogP) is 3.13. The molecule has 114 valence electrons. The highest BCUT2D eigenvalue weighted by atomic mass is 79.9. The van der Waals surface area contributed by atoms with Gasteiger partial charge in [-0.2, -0.15) is 5.10 Å². The van der Waals surface area contributed by atoms with Gasteiger partial charge in [-0.15, -0.1) is 0 Å². The number of rotatable bonds is 10. The minimum atomic E-state index is 0.865. The van der Waals surface area contributed by atoms with Gasteiger partial charge in [0.25, 0.3) is 0 Å². The van der Waals surface area contributed by atoms with Crippen molar-refractivity contribution in [2.75, 3.05) is 19.8 Å². The maximum Gasteiger partial charge on any atom is 0.0767 e. The number of halogens is 1. The molecule has 0 aliphatic heterocycles. The Hall–Kier alpha value is -0.390. The Morgan fingerprint density at radius 2 is 2.20 bits per heavy atom. The minimum Gasteiger partial charge on any atom is -0.381 e. The van der Waals surface area contributed by atoms with E-state index in [1.54, 1.807) is 0 Å². The fraction of sp³-hybridized carbons (Fsp3) is 0.800. The maximum atomic E-state index is 5.63. The van der Waals surface area contributed by atoms with Crippen molar-refractivity contribution >= 4 is 15.9 Å². The zero-order chi connectivity index (χ0) is 14.4. The minimum absolute atomic E-state index is 0.865. The second-order valence-corrected chi connectivity index (χ2v) is 6.22. The van der Waals surface area contributed by atoms with E-state index in [0.29, 0.717) is 0 Å². The monoisotopic (exact) mass is 343 g/mol. The zero-order valence-electron chi connectivity index (χ0n) is 12.6. The van der Waals surface area contributed by atoms with Crippen LogP contribution in [0.5, 0.6) is 0 Å². The lowest BCUT2D eigenvalue weighted by molar-refractivity contribution is 0.122. The molecule has 0 aromatic carbocycles. The van der Waals surface area contributed by atoms with Crippen LogP contribution in [0.4, 0.5) is 0 Å². The van der Waals surface area contributed by atoms with E-state index in [4.69, 9.17) is 4.74 Å². The van der Waals surface area contributed by atoms with E-state index < -0.39 is 0 Å². The Balaban J connectivity index is 1.66. The SMILES string of the molecule is CCc1nn(CC)c(CNCCCOCC2CC2)c1Br. The molecule has 0 radical (unpaired) electrons. The van der Waals surface area contributed by atoms with Gasteiger partial charge in [-0.05, 0) is 61.0 Å². The van der Waals surface area contributed by atoms with Gasteiger partial charge in [-0.1, -0.05) is 6.92 Å². The summed E-state index contributed by atoms with van der Waals surface area (Å²) in [7, 11) is 0. The van der Waals surface area contributed by atoms with E-state index >= 15 is 0 Å². The summed E-state index contributed by atoms with van der Waals surface area (Å²) in [6.07, 6.45) is 4.78. The maximum absolute atomic E-state index is 5.63. The molecule has 0 spiro atoms. The van der Waals surface area contributed by atoms with Crippen LogP contribution in [0.2, 0.25) is 0 Å². The van der Waals surface area contributed by atoms with Crippen LogP contribution in [-0.2, 0) is 24.2 Å². The summed E-state index contributed by atoms with van der Waals surface area (Å²) in [5.74, 6) is 0.866. The van der Waals surface area contributed by atoms with Gasteiger partial charge in [0.15, 0.2) is 0 Å². The van der Waals surface area contributed by atoms with Crippen molar-refractivity contribution in [1.82, 2.24) is 15.1 Å². The summed E-state index contributed by atoms with van der Waals surface area (Å²) in [6.45, 7) is 8.89. The van der Waals surface area contributed by atoms with Crippen molar-refractivity contribution in [1.29, 1.82) is 0 Å². The molecular formula is C15H26BrN3O. The van der Waals surface area contributed by atoms with Gasteiger partial charge in [0.05, 0.1) is 15.9 Å². The molecule has 1 fully saturated rings. The molecule has 20 heavy (non-hydrogen) atoms. The van der Waals surface area contributed by atoms with Crippen LogP contribution >= 0.6 is 15.9 Å². The van der Waals surface area contributed by atoms with E-state index in [9.17, 15) is 0 Å². The summed E-state index contributed by atoms with van der Waals surface area (Å²) >= 11 is 3.67. The first-order valence-electron chi connectivity index (χ1n) is 7.78. The van der Waals surface area contributed by atoms with Gasteiger partial charge in [0, 0.05) is 26.3 Å². The highest BCUT2D eigenvalue weighted by Gasteiger charge is 2.20. The molecule has 1 heterocycles. The van der Waals surface area contributed by atoms with Gasteiger partial charge < -0.3 is 10.1 Å². The van der Waals surface area contributed by atoms with Gasteiger partial charge in [0.1, 0.15) is 0 Å². The molecule has 1 N–H and O–H groups in total. The average Bonchev–Trinajstić information content (AvgIpc) is 3.23. The molecule has 1 aliphatic carbocycles. The third-order valence-electron chi connectivity index (χ3n) is 3.68.